The zero-order valence-corrected chi connectivity index (χ0v) is 13.8. The minimum absolute atomic E-state index is 0.0329. The number of ether oxygens (including phenoxy) is 4. The van der Waals surface area contributed by atoms with Crippen LogP contribution in [0.2, 0.25) is 0 Å². The maximum Gasteiger partial charge on any atom is 0.251 e. The number of hydrogen-bond acceptors (Lipinski definition) is 4. The minimum atomic E-state index is -2.85. The van der Waals surface area contributed by atoms with Gasteiger partial charge in [0.2, 0.25) is 0 Å². The van der Waals surface area contributed by atoms with Crippen molar-refractivity contribution < 1.29 is 27.7 Å². The molecule has 1 saturated carbocycles. The molecule has 2 rings (SSSR count). The molecule has 1 aliphatic rings. The van der Waals surface area contributed by atoms with E-state index in [0.29, 0.717) is 0 Å². The number of alkyl halides is 2. The van der Waals surface area contributed by atoms with Gasteiger partial charge in [0.25, 0.3) is 5.92 Å². The molecule has 0 saturated heterocycles. The molecule has 0 heterocycles. The van der Waals surface area contributed by atoms with Gasteiger partial charge in [0.1, 0.15) is 0 Å². The zero-order valence-electron chi connectivity index (χ0n) is 13.8. The number of rotatable bonds is 7. The van der Waals surface area contributed by atoms with Gasteiger partial charge in [-0.25, -0.2) is 8.78 Å². The third kappa shape index (κ3) is 3.71. The van der Waals surface area contributed by atoms with Crippen LogP contribution in [0.5, 0.6) is 0 Å². The highest BCUT2D eigenvalue weighted by molar-refractivity contribution is 5.14. The predicted octanol–water partition coefficient (Wildman–Crippen LogP) is 3.40. The molecule has 1 aliphatic carbocycles. The van der Waals surface area contributed by atoms with Gasteiger partial charge in [-0.15, -0.1) is 0 Å². The fraction of sp³-hybridized carbons (Fsp3) is 0.647. The Morgan fingerprint density at radius 3 is 2.22 bits per heavy atom. The molecular formula is C17H24F2O4. The Morgan fingerprint density at radius 2 is 1.65 bits per heavy atom. The third-order valence-electron chi connectivity index (χ3n) is 4.45. The van der Waals surface area contributed by atoms with Crippen LogP contribution in [0.25, 0.3) is 0 Å². The fourth-order valence-corrected chi connectivity index (χ4v) is 3.27. The Bertz CT molecular complexity index is 491. The van der Waals surface area contributed by atoms with E-state index in [4.69, 9.17) is 18.9 Å². The van der Waals surface area contributed by atoms with E-state index < -0.39 is 23.7 Å². The second kappa shape index (κ2) is 7.21. The normalized spacial score (nSPS) is 26.1. The molecule has 130 valence electrons. The lowest BCUT2D eigenvalue weighted by atomic mass is 9.76. The van der Waals surface area contributed by atoms with Gasteiger partial charge in [0, 0.05) is 40.6 Å². The minimum Gasteiger partial charge on any atom is -0.381 e. The molecule has 0 aliphatic heterocycles. The average Bonchev–Trinajstić information content (AvgIpc) is 2.54. The van der Waals surface area contributed by atoms with E-state index in [1.807, 2.05) is 30.3 Å². The Hall–Kier alpha value is -1.08. The topological polar surface area (TPSA) is 36.9 Å². The molecule has 0 N–H and O–H groups in total. The SMILES string of the molecule is COCC1(OCc2ccccc2)CC(F)(F)CCC1(OC)OC. The zero-order chi connectivity index (χ0) is 17.0. The summed E-state index contributed by atoms with van der Waals surface area (Å²) in [5.74, 6) is -4.12. The van der Waals surface area contributed by atoms with E-state index in [2.05, 4.69) is 0 Å². The molecule has 4 nitrogen and oxygen atoms in total. The first-order chi connectivity index (χ1) is 10.9. The molecule has 1 atom stereocenters. The molecular weight excluding hydrogens is 306 g/mol. The Labute approximate surface area is 135 Å². The lowest BCUT2D eigenvalue weighted by Crippen LogP contribution is -2.65. The Morgan fingerprint density at radius 1 is 1.00 bits per heavy atom. The van der Waals surface area contributed by atoms with Crippen molar-refractivity contribution in [2.75, 3.05) is 27.9 Å². The number of benzene rings is 1. The second-order valence-electron chi connectivity index (χ2n) is 5.90. The standard InChI is InChI=1S/C17H24F2O4/c1-20-13-15(23-11-14-7-5-4-6-8-14)12-16(18,19)9-10-17(15,21-2)22-3/h4-8H,9-13H2,1-3H3. The van der Waals surface area contributed by atoms with E-state index in [0.717, 1.165) is 5.56 Å². The summed E-state index contributed by atoms with van der Waals surface area (Å²) in [7, 11) is 4.35. The van der Waals surface area contributed by atoms with Crippen LogP contribution in [0.4, 0.5) is 8.78 Å². The highest BCUT2D eigenvalue weighted by Crippen LogP contribution is 2.49. The first kappa shape index (κ1) is 18.3. The summed E-state index contributed by atoms with van der Waals surface area (Å²) in [6.45, 7) is 0.131. The van der Waals surface area contributed by atoms with Crippen molar-refractivity contribution in [2.24, 2.45) is 0 Å². The quantitative estimate of drug-likeness (QED) is 0.718. The summed E-state index contributed by atoms with van der Waals surface area (Å²) in [6.07, 6.45) is -0.789. The maximum atomic E-state index is 14.1. The van der Waals surface area contributed by atoms with Gasteiger partial charge in [0.15, 0.2) is 11.4 Å². The molecule has 0 amide bonds. The van der Waals surface area contributed by atoms with Gasteiger partial charge < -0.3 is 18.9 Å². The van der Waals surface area contributed by atoms with Crippen LogP contribution in [-0.4, -0.2) is 45.2 Å². The lowest BCUT2D eigenvalue weighted by molar-refractivity contribution is -0.360. The summed E-state index contributed by atoms with van der Waals surface area (Å²) >= 11 is 0. The van der Waals surface area contributed by atoms with Gasteiger partial charge in [-0.2, -0.15) is 0 Å². The molecule has 1 fully saturated rings. The molecule has 1 aromatic rings. The van der Waals surface area contributed by atoms with Crippen molar-refractivity contribution in [1.29, 1.82) is 0 Å². The molecule has 0 aromatic heterocycles. The summed E-state index contributed by atoms with van der Waals surface area (Å²) in [5.41, 5.74) is -0.499. The van der Waals surface area contributed by atoms with Gasteiger partial charge >= 0.3 is 0 Å². The Balaban J connectivity index is 2.31. The van der Waals surface area contributed by atoms with E-state index in [9.17, 15) is 8.78 Å². The summed E-state index contributed by atoms with van der Waals surface area (Å²) in [4.78, 5) is 0. The molecule has 23 heavy (non-hydrogen) atoms. The van der Waals surface area contributed by atoms with E-state index in [-0.39, 0.29) is 26.1 Å². The number of halogens is 2. The monoisotopic (exact) mass is 330 g/mol. The summed E-state index contributed by atoms with van der Waals surface area (Å²) < 4.78 is 50.5. The van der Waals surface area contributed by atoms with Crippen LogP contribution in [0, 0.1) is 0 Å². The largest absolute Gasteiger partial charge is 0.381 e. The van der Waals surface area contributed by atoms with Crippen LogP contribution in [0.15, 0.2) is 30.3 Å². The first-order valence-electron chi connectivity index (χ1n) is 7.57. The van der Waals surface area contributed by atoms with Crippen LogP contribution >= 0.6 is 0 Å². The first-order valence-corrected chi connectivity index (χ1v) is 7.57. The smallest absolute Gasteiger partial charge is 0.251 e. The van der Waals surface area contributed by atoms with Gasteiger partial charge in [-0.05, 0) is 5.56 Å². The number of methoxy groups -OCH3 is 3. The van der Waals surface area contributed by atoms with Crippen molar-refractivity contribution in [1.82, 2.24) is 0 Å². The van der Waals surface area contributed by atoms with E-state index >= 15 is 0 Å². The van der Waals surface area contributed by atoms with E-state index in [1.54, 1.807) is 0 Å². The average molecular weight is 330 g/mol. The van der Waals surface area contributed by atoms with Crippen molar-refractivity contribution in [3.05, 3.63) is 35.9 Å². The highest BCUT2D eigenvalue weighted by Gasteiger charge is 2.62. The van der Waals surface area contributed by atoms with Crippen LogP contribution in [0.3, 0.4) is 0 Å². The maximum absolute atomic E-state index is 14.1. The molecule has 0 bridgehead atoms. The number of hydrogen-bond donors (Lipinski definition) is 0. The van der Waals surface area contributed by atoms with Gasteiger partial charge in [-0.3, -0.25) is 0 Å². The Kier molecular flexibility index (Phi) is 5.73. The van der Waals surface area contributed by atoms with E-state index in [1.165, 1.54) is 21.3 Å². The van der Waals surface area contributed by atoms with Crippen LogP contribution in [0.1, 0.15) is 24.8 Å². The molecule has 0 radical (unpaired) electrons. The highest BCUT2D eigenvalue weighted by atomic mass is 19.3. The summed E-state index contributed by atoms with van der Waals surface area (Å²) in [6, 6.07) is 9.39. The van der Waals surface area contributed by atoms with Crippen molar-refractivity contribution in [3.8, 4) is 0 Å². The third-order valence-corrected chi connectivity index (χ3v) is 4.45. The van der Waals surface area contributed by atoms with Crippen molar-refractivity contribution in [2.45, 2.75) is 43.2 Å². The van der Waals surface area contributed by atoms with Crippen molar-refractivity contribution >= 4 is 0 Å². The lowest BCUT2D eigenvalue weighted by Gasteiger charge is -2.52. The fourth-order valence-electron chi connectivity index (χ4n) is 3.27. The second-order valence-corrected chi connectivity index (χ2v) is 5.90. The van der Waals surface area contributed by atoms with Gasteiger partial charge in [-0.1, -0.05) is 30.3 Å². The molecule has 1 unspecified atom stereocenters. The van der Waals surface area contributed by atoms with Gasteiger partial charge in [0.05, 0.1) is 13.2 Å². The van der Waals surface area contributed by atoms with Crippen LogP contribution < -0.4 is 0 Å². The predicted molar refractivity (Wildman–Crippen MR) is 81.4 cm³/mol. The van der Waals surface area contributed by atoms with Crippen molar-refractivity contribution in [3.63, 3.8) is 0 Å². The molecule has 0 spiro atoms. The summed E-state index contributed by atoms with van der Waals surface area (Å²) in [5, 5.41) is 0. The van der Waals surface area contributed by atoms with Crippen LogP contribution in [-0.2, 0) is 25.6 Å². The molecule has 6 heteroatoms. The molecule has 1 aromatic carbocycles.